The van der Waals surface area contributed by atoms with Crippen LogP contribution in [0.25, 0.3) is 10.9 Å². The van der Waals surface area contributed by atoms with Crippen LogP contribution in [0.4, 0.5) is 11.8 Å². The Balaban J connectivity index is 1.37. The van der Waals surface area contributed by atoms with Crippen molar-refractivity contribution in [3.63, 3.8) is 0 Å². The second-order valence-electron chi connectivity index (χ2n) is 8.47. The molecule has 2 aliphatic rings. The molecule has 0 spiro atoms. The maximum atomic E-state index is 12.6. The second kappa shape index (κ2) is 9.31. The molecule has 7 nitrogen and oxygen atoms in total. The van der Waals surface area contributed by atoms with Crippen molar-refractivity contribution < 1.29 is 4.79 Å². The Morgan fingerprint density at radius 1 is 1.31 bits per heavy atom. The number of hydrogen-bond donors (Lipinski definition) is 2. The fraction of sp³-hybridized carbons (Fsp3) is 0.400. The molecule has 1 atom stereocenters. The number of fused-ring (bicyclic) bond motifs is 1. The van der Waals surface area contributed by atoms with E-state index < -0.39 is 0 Å². The zero-order valence-electron chi connectivity index (χ0n) is 18.9. The van der Waals surface area contributed by atoms with E-state index in [0.29, 0.717) is 6.42 Å². The lowest BCUT2D eigenvalue weighted by Gasteiger charge is -2.33. The largest absolute Gasteiger partial charge is 0.364 e. The van der Waals surface area contributed by atoms with Crippen molar-refractivity contribution in [1.82, 2.24) is 20.6 Å². The van der Waals surface area contributed by atoms with Crippen LogP contribution < -0.4 is 20.4 Å². The molecule has 166 valence electrons. The number of carbonyl (C=O) groups excluding carboxylic acids is 1. The topological polar surface area (TPSA) is 73.4 Å². The van der Waals surface area contributed by atoms with Crippen molar-refractivity contribution in [2.24, 2.45) is 5.92 Å². The molecule has 1 fully saturated rings. The van der Waals surface area contributed by atoms with Gasteiger partial charge in [-0.3, -0.25) is 4.79 Å². The van der Waals surface area contributed by atoms with Gasteiger partial charge in [0.2, 0.25) is 11.9 Å². The number of hydrogen-bond acceptors (Lipinski definition) is 6. The predicted octanol–water partition coefficient (Wildman–Crippen LogP) is 2.81. The van der Waals surface area contributed by atoms with Crippen molar-refractivity contribution >= 4 is 28.6 Å². The van der Waals surface area contributed by atoms with E-state index in [1.54, 1.807) is 0 Å². The van der Waals surface area contributed by atoms with Crippen molar-refractivity contribution in [3.8, 4) is 12.3 Å². The molecule has 3 heterocycles. The highest BCUT2D eigenvalue weighted by atomic mass is 16.1. The maximum absolute atomic E-state index is 12.6. The first-order valence-corrected chi connectivity index (χ1v) is 11.1. The average molecular weight is 431 g/mol. The number of rotatable bonds is 5. The van der Waals surface area contributed by atoms with Crippen molar-refractivity contribution in [2.75, 3.05) is 37.0 Å². The van der Waals surface area contributed by atoms with Crippen LogP contribution in [-0.2, 0) is 4.79 Å². The summed E-state index contributed by atoms with van der Waals surface area (Å²) in [6.45, 7) is 3.55. The molecular weight excluding hydrogens is 400 g/mol. The summed E-state index contributed by atoms with van der Waals surface area (Å²) < 4.78 is 0. The Kier molecular flexibility index (Phi) is 6.31. The van der Waals surface area contributed by atoms with E-state index in [0.717, 1.165) is 59.9 Å². The lowest BCUT2D eigenvalue weighted by molar-refractivity contribution is -0.121. The van der Waals surface area contributed by atoms with Crippen LogP contribution in [0.1, 0.15) is 26.2 Å². The SMILES string of the molecule is C#CC1C(CC(=O)NC2CCN(c3nc(N(C)C)c4ccccc4n3)CC2)=CN/C1=C/C. The van der Waals surface area contributed by atoms with Gasteiger partial charge in [-0.2, -0.15) is 4.98 Å². The number of anilines is 2. The minimum absolute atomic E-state index is 0.0194. The summed E-state index contributed by atoms with van der Waals surface area (Å²) in [5.41, 5.74) is 2.85. The van der Waals surface area contributed by atoms with Gasteiger partial charge < -0.3 is 20.4 Å². The smallest absolute Gasteiger partial charge is 0.227 e. The number of para-hydroxylation sites is 1. The van der Waals surface area contributed by atoms with Crippen molar-refractivity contribution in [2.45, 2.75) is 32.2 Å². The Morgan fingerprint density at radius 3 is 2.75 bits per heavy atom. The number of piperidine rings is 1. The molecule has 2 N–H and O–H groups in total. The number of carbonyl (C=O) groups is 1. The molecule has 7 heteroatoms. The van der Waals surface area contributed by atoms with Gasteiger partial charge in [0, 0.05) is 50.5 Å². The summed E-state index contributed by atoms with van der Waals surface area (Å²) in [5.74, 6) is 4.32. The van der Waals surface area contributed by atoms with Gasteiger partial charge in [-0.15, -0.1) is 6.42 Å². The van der Waals surface area contributed by atoms with Crippen LogP contribution in [0.3, 0.4) is 0 Å². The number of allylic oxidation sites excluding steroid dienone is 2. The third-order valence-electron chi connectivity index (χ3n) is 6.09. The number of amides is 1. The predicted molar refractivity (Wildman–Crippen MR) is 129 cm³/mol. The molecule has 0 saturated carbocycles. The second-order valence-corrected chi connectivity index (χ2v) is 8.47. The molecule has 1 amide bonds. The average Bonchev–Trinajstić information content (AvgIpc) is 3.20. The zero-order chi connectivity index (χ0) is 22.7. The normalized spacial score (nSPS) is 20.1. The molecule has 0 aliphatic carbocycles. The minimum atomic E-state index is -0.136. The molecule has 1 unspecified atom stereocenters. The van der Waals surface area contributed by atoms with Crippen LogP contribution in [0.2, 0.25) is 0 Å². The summed E-state index contributed by atoms with van der Waals surface area (Å²) >= 11 is 0. The third-order valence-corrected chi connectivity index (χ3v) is 6.09. The molecule has 32 heavy (non-hydrogen) atoms. The van der Waals surface area contributed by atoms with Gasteiger partial charge in [0.25, 0.3) is 0 Å². The van der Waals surface area contributed by atoms with Gasteiger partial charge in [-0.05, 0) is 37.5 Å². The zero-order valence-corrected chi connectivity index (χ0v) is 18.9. The number of benzene rings is 1. The standard InChI is InChI=1S/C25H30N6O/c1-5-19-17(16-26-21(19)6-2)15-23(32)27-18-11-13-31(14-12-18)25-28-22-10-8-7-9-20(22)24(29-25)30(3)4/h1,6-10,16,18-19,26H,11-15H2,2-4H3,(H,27,32)/b21-6+. The summed E-state index contributed by atoms with van der Waals surface area (Å²) in [4.78, 5) is 26.5. The summed E-state index contributed by atoms with van der Waals surface area (Å²) in [6, 6.07) is 8.23. The molecule has 2 aliphatic heterocycles. The molecule has 1 aromatic carbocycles. The molecule has 0 bridgehead atoms. The highest BCUT2D eigenvalue weighted by Crippen LogP contribution is 2.28. The number of nitrogens with zero attached hydrogens (tertiary/aromatic N) is 4. The fourth-order valence-electron chi connectivity index (χ4n) is 4.36. The minimum Gasteiger partial charge on any atom is -0.364 e. The first-order chi connectivity index (χ1) is 15.5. The van der Waals surface area contributed by atoms with E-state index >= 15 is 0 Å². The molecule has 1 aromatic heterocycles. The first kappa shape index (κ1) is 21.7. The van der Waals surface area contributed by atoms with Gasteiger partial charge in [0.15, 0.2) is 0 Å². The molecule has 1 saturated heterocycles. The Labute approximate surface area is 189 Å². The lowest BCUT2D eigenvalue weighted by Crippen LogP contribution is -2.45. The molecular formula is C25H30N6O. The van der Waals surface area contributed by atoms with Crippen LogP contribution in [0.5, 0.6) is 0 Å². The van der Waals surface area contributed by atoms with Crippen LogP contribution in [-0.4, -0.2) is 49.1 Å². The molecule has 2 aromatic rings. The summed E-state index contributed by atoms with van der Waals surface area (Å²) in [7, 11) is 4.00. The molecule has 0 radical (unpaired) electrons. The van der Waals surface area contributed by atoms with Gasteiger partial charge in [-0.25, -0.2) is 4.98 Å². The fourth-order valence-corrected chi connectivity index (χ4v) is 4.36. The Hall–Kier alpha value is -3.53. The first-order valence-electron chi connectivity index (χ1n) is 11.1. The van der Waals surface area contributed by atoms with E-state index in [-0.39, 0.29) is 17.9 Å². The number of aromatic nitrogens is 2. The summed E-state index contributed by atoms with van der Waals surface area (Å²) in [5, 5.41) is 7.40. The van der Waals surface area contributed by atoms with Gasteiger partial charge in [-0.1, -0.05) is 24.1 Å². The van der Waals surface area contributed by atoms with Crippen LogP contribution in [0, 0.1) is 18.3 Å². The third kappa shape index (κ3) is 4.40. The van der Waals surface area contributed by atoms with Crippen LogP contribution in [0.15, 0.2) is 47.8 Å². The van der Waals surface area contributed by atoms with E-state index in [1.807, 2.05) is 56.4 Å². The van der Waals surface area contributed by atoms with Crippen LogP contribution >= 0.6 is 0 Å². The van der Waals surface area contributed by atoms with Crippen molar-refractivity contribution in [3.05, 3.63) is 47.8 Å². The van der Waals surface area contributed by atoms with E-state index in [9.17, 15) is 4.79 Å². The maximum Gasteiger partial charge on any atom is 0.227 e. The van der Waals surface area contributed by atoms with E-state index in [2.05, 4.69) is 27.5 Å². The van der Waals surface area contributed by atoms with Crippen molar-refractivity contribution in [1.29, 1.82) is 0 Å². The Bertz CT molecular complexity index is 1110. The van der Waals surface area contributed by atoms with Gasteiger partial charge in [0.05, 0.1) is 17.9 Å². The van der Waals surface area contributed by atoms with E-state index in [4.69, 9.17) is 16.4 Å². The monoisotopic (exact) mass is 430 g/mol. The number of nitrogens with one attached hydrogen (secondary N) is 2. The number of terminal acetylenes is 1. The van der Waals surface area contributed by atoms with Gasteiger partial charge >= 0.3 is 0 Å². The highest BCUT2D eigenvalue weighted by molar-refractivity contribution is 5.90. The van der Waals surface area contributed by atoms with E-state index in [1.165, 1.54) is 0 Å². The Morgan fingerprint density at radius 2 is 2.06 bits per heavy atom. The lowest BCUT2D eigenvalue weighted by atomic mass is 9.96. The quantitative estimate of drug-likeness (QED) is 0.711. The summed E-state index contributed by atoms with van der Waals surface area (Å²) in [6.07, 6.45) is 11.5. The highest BCUT2D eigenvalue weighted by Gasteiger charge is 2.26. The molecule has 4 rings (SSSR count). The van der Waals surface area contributed by atoms with Gasteiger partial charge in [0.1, 0.15) is 5.82 Å².